The van der Waals surface area contributed by atoms with E-state index in [0.717, 1.165) is 36.8 Å². The third-order valence-corrected chi connectivity index (χ3v) is 11.1. The van der Waals surface area contributed by atoms with Gasteiger partial charge in [-0.2, -0.15) is 0 Å². The molecule has 1 fully saturated rings. The molecule has 2 N–H and O–H groups in total. The predicted molar refractivity (Wildman–Crippen MR) is 148 cm³/mol. The van der Waals surface area contributed by atoms with Crippen LogP contribution in [0.5, 0.6) is 0 Å². The van der Waals surface area contributed by atoms with Crippen LogP contribution in [0.3, 0.4) is 0 Å². The second-order valence-electron chi connectivity index (χ2n) is 13.2. The summed E-state index contributed by atoms with van der Waals surface area (Å²) < 4.78 is 4.98. The Morgan fingerprint density at radius 3 is 2.30 bits per heavy atom. The molecule has 0 saturated heterocycles. The fraction of sp³-hybridized carbons (Fsp3) is 0.750. The minimum Gasteiger partial charge on any atom is -0.481 e. The van der Waals surface area contributed by atoms with Gasteiger partial charge in [-0.25, -0.2) is 0 Å². The smallest absolute Gasteiger partial charge is 0.306 e. The SMILES string of the molecule is C=C(CC[C@@H](C(=O)O)[C@H]1[C@H](O)C[C@@]2(C)C3=C(CC[C@]12C)[C@@](C)(CCC(=O)OC)[C@H](C(=C)C)CC3)C(C)C. The third-order valence-electron chi connectivity index (χ3n) is 11.1. The molecule has 7 atom stereocenters. The summed E-state index contributed by atoms with van der Waals surface area (Å²) in [5, 5.41) is 21.9. The molecule has 0 unspecified atom stereocenters. The highest BCUT2D eigenvalue weighted by atomic mass is 16.5. The molecule has 0 aliphatic heterocycles. The lowest BCUT2D eigenvalue weighted by Gasteiger charge is -2.57. The Morgan fingerprint density at radius 1 is 1.11 bits per heavy atom. The zero-order chi connectivity index (χ0) is 27.9. The number of carbonyl (C=O) groups excluding carboxylic acids is 1. The van der Waals surface area contributed by atoms with Crippen LogP contribution in [0.25, 0.3) is 0 Å². The van der Waals surface area contributed by atoms with Crippen molar-refractivity contribution in [2.45, 2.75) is 105 Å². The molecule has 5 heteroatoms. The van der Waals surface area contributed by atoms with Crippen molar-refractivity contribution < 1.29 is 24.5 Å². The van der Waals surface area contributed by atoms with E-state index in [1.54, 1.807) is 0 Å². The van der Waals surface area contributed by atoms with Gasteiger partial charge >= 0.3 is 11.9 Å². The van der Waals surface area contributed by atoms with E-state index in [9.17, 15) is 19.8 Å². The van der Waals surface area contributed by atoms with Crippen LogP contribution >= 0.6 is 0 Å². The van der Waals surface area contributed by atoms with Crippen molar-refractivity contribution >= 4 is 11.9 Å². The quantitative estimate of drug-likeness (QED) is 0.240. The van der Waals surface area contributed by atoms with Crippen LogP contribution in [-0.4, -0.2) is 35.4 Å². The first-order valence-corrected chi connectivity index (χ1v) is 14.2. The van der Waals surface area contributed by atoms with Gasteiger partial charge in [0.2, 0.25) is 0 Å². The minimum absolute atomic E-state index is 0.190. The molecule has 5 nitrogen and oxygen atoms in total. The van der Waals surface area contributed by atoms with Crippen molar-refractivity contribution in [2.75, 3.05) is 7.11 Å². The molecule has 3 aliphatic rings. The van der Waals surface area contributed by atoms with Crippen molar-refractivity contribution in [3.05, 3.63) is 35.5 Å². The average molecular weight is 515 g/mol. The second-order valence-corrected chi connectivity index (χ2v) is 13.2. The normalized spacial score (nSPS) is 36.1. The maximum atomic E-state index is 12.6. The fourth-order valence-corrected chi connectivity index (χ4v) is 8.60. The molecule has 0 spiro atoms. The number of hydrogen-bond acceptors (Lipinski definition) is 4. The Morgan fingerprint density at radius 2 is 1.76 bits per heavy atom. The number of esters is 1. The Labute approximate surface area is 224 Å². The molecule has 0 amide bonds. The number of aliphatic carboxylic acids is 1. The Bertz CT molecular complexity index is 976. The van der Waals surface area contributed by atoms with E-state index in [1.165, 1.54) is 18.3 Å². The largest absolute Gasteiger partial charge is 0.481 e. The van der Waals surface area contributed by atoms with Crippen LogP contribution in [-0.2, 0) is 14.3 Å². The van der Waals surface area contributed by atoms with E-state index in [4.69, 9.17) is 4.74 Å². The summed E-state index contributed by atoms with van der Waals surface area (Å²) in [4.78, 5) is 24.8. The highest BCUT2D eigenvalue weighted by Crippen LogP contribution is 2.71. The van der Waals surface area contributed by atoms with Crippen molar-refractivity contribution in [3.8, 4) is 0 Å². The van der Waals surface area contributed by atoms with Gasteiger partial charge in [-0.05, 0) is 86.4 Å². The topological polar surface area (TPSA) is 83.8 Å². The maximum absolute atomic E-state index is 12.6. The molecular weight excluding hydrogens is 464 g/mol. The van der Waals surface area contributed by atoms with Gasteiger partial charge < -0.3 is 14.9 Å². The number of carbonyl (C=O) groups is 2. The number of fused-ring (bicyclic) bond motifs is 2. The van der Waals surface area contributed by atoms with E-state index >= 15 is 0 Å². The zero-order valence-corrected chi connectivity index (χ0v) is 24.3. The lowest BCUT2D eigenvalue weighted by atomic mass is 9.47. The number of ether oxygens (including phenoxy) is 1. The van der Waals surface area contributed by atoms with E-state index in [1.807, 2.05) is 0 Å². The van der Waals surface area contributed by atoms with Crippen molar-refractivity contribution in [1.29, 1.82) is 0 Å². The van der Waals surface area contributed by atoms with Gasteiger partial charge in [-0.15, -0.1) is 0 Å². The number of aliphatic hydroxyl groups excluding tert-OH is 1. The number of hydrogen-bond donors (Lipinski definition) is 2. The summed E-state index contributed by atoms with van der Waals surface area (Å²) in [5.74, 6) is -1.29. The summed E-state index contributed by atoms with van der Waals surface area (Å²) in [6, 6.07) is 0. The molecule has 0 bridgehead atoms. The van der Waals surface area contributed by atoms with Crippen molar-refractivity contribution in [2.24, 2.45) is 39.9 Å². The first-order chi connectivity index (χ1) is 17.1. The Balaban J connectivity index is 2.04. The first-order valence-electron chi connectivity index (χ1n) is 14.2. The predicted octanol–water partition coefficient (Wildman–Crippen LogP) is 7.11. The number of rotatable bonds is 10. The lowest BCUT2D eigenvalue weighted by molar-refractivity contribution is -0.148. The van der Waals surface area contributed by atoms with Gasteiger partial charge in [0.1, 0.15) is 0 Å². The number of methoxy groups -OCH3 is 1. The highest BCUT2D eigenvalue weighted by molar-refractivity contribution is 5.71. The Hall–Kier alpha value is -1.88. The molecule has 37 heavy (non-hydrogen) atoms. The van der Waals surface area contributed by atoms with E-state index in [0.29, 0.717) is 43.9 Å². The lowest BCUT2D eigenvalue weighted by Crippen LogP contribution is -2.49. The Kier molecular flexibility index (Phi) is 8.59. The van der Waals surface area contributed by atoms with E-state index in [2.05, 4.69) is 54.7 Å². The molecular formula is C32H50O5. The fourth-order valence-electron chi connectivity index (χ4n) is 8.60. The molecule has 0 aromatic rings. The average Bonchev–Trinajstić information content (AvgIpc) is 3.02. The van der Waals surface area contributed by atoms with E-state index < -0.39 is 18.0 Å². The van der Waals surface area contributed by atoms with Gasteiger partial charge in [0.05, 0.1) is 19.1 Å². The molecule has 3 aliphatic carbocycles. The number of carboxylic acid groups (broad SMARTS) is 1. The van der Waals surface area contributed by atoms with Crippen LogP contribution in [0.4, 0.5) is 0 Å². The van der Waals surface area contributed by atoms with Crippen molar-refractivity contribution in [3.63, 3.8) is 0 Å². The van der Waals surface area contributed by atoms with Gasteiger partial charge in [-0.3, -0.25) is 9.59 Å². The molecule has 1 saturated carbocycles. The summed E-state index contributed by atoms with van der Waals surface area (Å²) in [6.07, 6.45) is 5.82. The van der Waals surface area contributed by atoms with Gasteiger partial charge in [-0.1, -0.05) is 70.1 Å². The maximum Gasteiger partial charge on any atom is 0.306 e. The van der Waals surface area contributed by atoms with Crippen LogP contribution in [0.15, 0.2) is 35.5 Å². The minimum atomic E-state index is -0.806. The summed E-state index contributed by atoms with van der Waals surface area (Å²) in [7, 11) is 1.44. The number of allylic oxidation sites excluding steroid dienone is 4. The van der Waals surface area contributed by atoms with Crippen LogP contribution in [0.1, 0.15) is 99.3 Å². The summed E-state index contributed by atoms with van der Waals surface area (Å²) in [5.41, 5.74) is 4.26. The number of carboxylic acids is 1. The van der Waals surface area contributed by atoms with Gasteiger partial charge in [0.25, 0.3) is 0 Å². The van der Waals surface area contributed by atoms with E-state index in [-0.39, 0.29) is 28.1 Å². The summed E-state index contributed by atoms with van der Waals surface area (Å²) in [6.45, 7) is 21.6. The molecule has 0 heterocycles. The first kappa shape index (κ1) is 29.7. The standard InChI is InChI=1S/C32H50O5/c1-19(2)21(5)10-11-22(29(35)36)28-26(33)18-32(8)25-13-12-23(20(3)4)30(6,16-15-27(34)37-9)24(25)14-17-31(28,32)7/h19,22-23,26,28,33H,3,5,10-18H2,1-2,4,6-9H3,(H,35,36)/t22-,23+,26-,28+,30+,31-,32+/m1/s1. The molecule has 3 rings (SSSR count). The van der Waals surface area contributed by atoms with Crippen LogP contribution in [0.2, 0.25) is 0 Å². The van der Waals surface area contributed by atoms with Crippen LogP contribution < -0.4 is 0 Å². The molecule has 0 aromatic carbocycles. The second kappa shape index (κ2) is 10.7. The zero-order valence-electron chi connectivity index (χ0n) is 24.3. The number of aliphatic hydroxyl groups is 1. The third kappa shape index (κ3) is 4.97. The molecule has 208 valence electrons. The van der Waals surface area contributed by atoms with Gasteiger partial charge in [0.15, 0.2) is 0 Å². The van der Waals surface area contributed by atoms with Crippen molar-refractivity contribution in [1.82, 2.24) is 0 Å². The molecule has 0 radical (unpaired) electrons. The summed E-state index contributed by atoms with van der Waals surface area (Å²) >= 11 is 0. The van der Waals surface area contributed by atoms with Crippen LogP contribution in [0, 0.1) is 39.9 Å². The molecule has 0 aromatic heterocycles. The van der Waals surface area contributed by atoms with Gasteiger partial charge in [0, 0.05) is 12.3 Å². The monoisotopic (exact) mass is 514 g/mol. The highest BCUT2D eigenvalue weighted by Gasteiger charge is 2.65.